The highest BCUT2D eigenvalue weighted by molar-refractivity contribution is 7.89. The van der Waals surface area contributed by atoms with Crippen LogP contribution in [0, 0.1) is 0 Å². The molecule has 1 fully saturated rings. The van der Waals surface area contributed by atoms with Crippen LogP contribution in [0.15, 0.2) is 0 Å². The summed E-state index contributed by atoms with van der Waals surface area (Å²) in [6.07, 6.45) is 0.534. The molecule has 0 aromatic carbocycles. The van der Waals surface area contributed by atoms with Crippen LogP contribution >= 0.6 is 0 Å². The van der Waals surface area contributed by atoms with Crippen LogP contribution in [0.5, 0.6) is 0 Å². The molecule has 0 aromatic rings. The Labute approximate surface area is 101 Å². The largest absolute Gasteiger partial charge is 0.480 e. The molecule has 8 heteroatoms. The van der Waals surface area contributed by atoms with E-state index in [0.29, 0.717) is 13.0 Å². The third-order valence-electron chi connectivity index (χ3n) is 2.84. The van der Waals surface area contributed by atoms with Gasteiger partial charge in [-0.1, -0.05) is 0 Å². The molecule has 1 heterocycles. The van der Waals surface area contributed by atoms with Crippen molar-refractivity contribution in [3.63, 3.8) is 0 Å². The lowest BCUT2D eigenvalue weighted by Gasteiger charge is -2.19. The van der Waals surface area contributed by atoms with Crippen molar-refractivity contribution in [2.45, 2.75) is 18.4 Å². The molecule has 3 N–H and O–H groups in total. The molecule has 0 radical (unpaired) electrons. The van der Waals surface area contributed by atoms with Crippen molar-refractivity contribution < 1.29 is 23.1 Å². The lowest BCUT2D eigenvalue weighted by molar-refractivity contribution is -0.142. The first-order chi connectivity index (χ1) is 7.82. The predicted octanol–water partition coefficient (Wildman–Crippen LogP) is -1.16. The Bertz CT molecular complexity index is 383. The van der Waals surface area contributed by atoms with Gasteiger partial charge in [0.05, 0.1) is 5.75 Å². The van der Waals surface area contributed by atoms with Gasteiger partial charge in [-0.25, -0.2) is 8.42 Å². The monoisotopic (exact) mass is 266 g/mol. The molecule has 0 spiro atoms. The van der Waals surface area contributed by atoms with Crippen molar-refractivity contribution >= 4 is 16.0 Å². The average Bonchev–Trinajstić information content (AvgIpc) is 2.63. The molecule has 1 rings (SSSR count). The van der Waals surface area contributed by atoms with Gasteiger partial charge in [0.1, 0.15) is 5.54 Å². The van der Waals surface area contributed by atoms with Gasteiger partial charge in [-0.2, -0.15) is 4.31 Å². The number of hydrogen-bond donors (Lipinski definition) is 2. The quantitative estimate of drug-likeness (QED) is 0.587. The van der Waals surface area contributed by atoms with Crippen LogP contribution in [0.2, 0.25) is 0 Å². The second-order valence-corrected chi connectivity index (χ2v) is 6.30. The summed E-state index contributed by atoms with van der Waals surface area (Å²) < 4.78 is 29.6. The number of nitrogens with two attached hydrogens (primary N) is 1. The van der Waals surface area contributed by atoms with Gasteiger partial charge in [-0.3, -0.25) is 4.79 Å². The number of carboxylic acid groups (broad SMARTS) is 1. The van der Waals surface area contributed by atoms with Gasteiger partial charge in [0.15, 0.2) is 0 Å². The Morgan fingerprint density at radius 2 is 2.24 bits per heavy atom. The molecule has 1 aliphatic rings. The predicted molar refractivity (Wildman–Crippen MR) is 61.0 cm³/mol. The number of carboxylic acids is 1. The van der Waals surface area contributed by atoms with E-state index in [0.717, 1.165) is 4.31 Å². The molecule has 17 heavy (non-hydrogen) atoms. The Kier molecular flexibility index (Phi) is 4.48. The number of nitrogens with zero attached hydrogens (tertiary/aromatic N) is 1. The second-order valence-electron chi connectivity index (χ2n) is 4.21. The minimum absolute atomic E-state index is 0.0451. The van der Waals surface area contributed by atoms with Crippen LogP contribution < -0.4 is 5.73 Å². The van der Waals surface area contributed by atoms with Gasteiger partial charge in [0, 0.05) is 26.8 Å². The van der Waals surface area contributed by atoms with E-state index < -0.39 is 21.5 Å². The van der Waals surface area contributed by atoms with Crippen LogP contribution in [0.3, 0.4) is 0 Å². The number of sulfonamides is 1. The van der Waals surface area contributed by atoms with E-state index in [1.807, 2.05) is 0 Å². The maximum atomic E-state index is 11.8. The average molecular weight is 266 g/mol. The van der Waals surface area contributed by atoms with Crippen LogP contribution in [0.4, 0.5) is 0 Å². The number of aliphatic carboxylic acids is 1. The first kappa shape index (κ1) is 14.4. The molecule has 0 saturated carbocycles. The fourth-order valence-electron chi connectivity index (χ4n) is 1.72. The van der Waals surface area contributed by atoms with E-state index >= 15 is 0 Å². The van der Waals surface area contributed by atoms with Crippen molar-refractivity contribution in [1.82, 2.24) is 4.31 Å². The minimum Gasteiger partial charge on any atom is -0.480 e. The Balaban J connectivity index is 2.61. The van der Waals surface area contributed by atoms with Gasteiger partial charge >= 0.3 is 5.97 Å². The van der Waals surface area contributed by atoms with Crippen LogP contribution in [0.1, 0.15) is 12.8 Å². The van der Waals surface area contributed by atoms with Crippen LogP contribution in [-0.2, 0) is 19.6 Å². The Hall–Kier alpha value is -0.700. The van der Waals surface area contributed by atoms with Gasteiger partial charge in [-0.15, -0.1) is 0 Å². The molecule has 0 amide bonds. The number of hydrogen-bond acceptors (Lipinski definition) is 5. The van der Waals surface area contributed by atoms with Crippen molar-refractivity contribution in [3.8, 4) is 0 Å². The fourth-order valence-corrected chi connectivity index (χ4v) is 3.26. The molecule has 0 bridgehead atoms. The summed E-state index contributed by atoms with van der Waals surface area (Å²) in [7, 11) is -1.93. The van der Waals surface area contributed by atoms with Crippen molar-refractivity contribution in [3.05, 3.63) is 0 Å². The number of methoxy groups -OCH3 is 1. The fraction of sp³-hybridized carbons (Fsp3) is 0.889. The van der Waals surface area contributed by atoms with Crippen molar-refractivity contribution in [2.75, 3.05) is 32.6 Å². The van der Waals surface area contributed by atoms with Gasteiger partial charge < -0.3 is 15.6 Å². The van der Waals surface area contributed by atoms with E-state index in [1.165, 1.54) is 7.11 Å². The SMILES string of the molecule is COCCCS(=O)(=O)N1CCC(N)(C(=O)O)C1. The lowest BCUT2D eigenvalue weighted by atomic mass is 10.0. The molecule has 1 aliphatic heterocycles. The highest BCUT2D eigenvalue weighted by Gasteiger charge is 2.44. The smallest absolute Gasteiger partial charge is 0.325 e. The van der Waals surface area contributed by atoms with E-state index in [1.54, 1.807) is 0 Å². The minimum atomic E-state index is -3.43. The summed E-state index contributed by atoms with van der Waals surface area (Å²) in [5.74, 6) is -1.21. The van der Waals surface area contributed by atoms with E-state index in [4.69, 9.17) is 15.6 Å². The number of rotatable bonds is 6. The maximum absolute atomic E-state index is 11.8. The molecular formula is C9H18N2O5S. The van der Waals surface area contributed by atoms with Gasteiger partial charge in [-0.05, 0) is 12.8 Å². The van der Waals surface area contributed by atoms with Crippen LogP contribution in [-0.4, -0.2) is 61.9 Å². The lowest BCUT2D eigenvalue weighted by Crippen LogP contribution is -2.50. The molecule has 0 aliphatic carbocycles. The van der Waals surface area contributed by atoms with Crippen LogP contribution in [0.25, 0.3) is 0 Å². The first-order valence-electron chi connectivity index (χ1n) is 5.31. The third kappa shape index (κ3) is 3.38. The standard InChI is InChI=1S/C9H18N2O5S/c1-16-5-2-6-17(14,15)11-4-3-9(10,7-11)8(12)13/h2-7,10H2,1H3,(H,12,13). The zero-order valence-electron chi connectivity index (χ0n) is 9.76. The molecule has 1 atom stereocenters. The Morgan fingerprint density at radius 3 is 2.71 bits per heavy atom. The second kappa shape index (κ2) is 5.30. The normalized spacial score (nSPS) is 26.2. The summed E-state index contributed by atoms with van der Waals surface area (Å²) in [5.41, 5.74) is 4.16. The number of carbonyl (C=O) groups is 1. The summed E-state index contributed by atoms with van der Waals surface area (Å²) in [6.45, 7) is 0.371. The number of ether oxygens (including phenoxy) is 1. The zero-order chi connectivity index (χ0) is 13.1. The third-order valence-corrected chi connectivity index (χ3v) is 4.74. The zero-order valence-corrected chi connectivity index (χ0v) is 10.6. The van der Waals surface area contributed by atoms with E-state index in [2.05, 4.69) is 0 Å². The molecular weight excluding hydrogens is 248 g/mol. The van der Waals surface area contributed by atoms with E-state index in [-0.39, 0.29) is 25.3 Å². The molecule has 1 saturated heterocycles. The topological polar surface area (TPSA) is 110 Å². The highest BCUT2D eigenvalue weighted by Crippen LogP contribution is 2.22. The summed E-state index contributed by atoms with van der Waals surface area (Å²) in [4.78, 5) is 10.9. The summed E-state index contributed by atoms with van der Waals surface area (Å²) >= 11 is 0. The maximum Gasteiger partial charge on any atom is 0.325 e. The summed E-state index contributed by atoms with van der Waals surface area (Å²) in [6, 6.07) is 0. The summed E-state index contributed by atoms with van der Waals surface area (Å²) in [5, 5.41) is 8.90. The molecule has 7 nitrogen and oxygen atoms in total. The van der Waals surface area contributed by atoms with Crippen molar-refractivity contribution in [2.24, 2.45) is 5.73 Å². The molecule has 1 unspecified atom stereocenters. The molecule has 0 aromatic heterocycles. The Morgan fingerprint density at radius 1 is 1.59 bits per heavy atom. The van der Waals surface area contributed by atoms with Gasteiger partial charge in [0.2, 0.25) is 10.0 Å². The van der Waals surface area contributed by atoms with Crippen molar-refractivity contribution in [1.29, 1.82) is 0 Å². The first-order valence-corrected chi connectivity index (χ1v) is 6.92. The molecule has 100 valence electrons. The van der Waals surface area contributed by atoms with Gasteiger partial charge in [0.25, 0.3) is 0 Å². The highest BCUT2D eigenvalue weighted by atomic mass is 32.2. The van der Waals surface area contributed by atoms with E-state index in [9.17, 15) is 13.2 Å².